The molecule has 0 bridgehead atoms. The van der Waals surface area contributed by atoms with Crippen molar-refractivity contribution < 1.29 is 27.1 Å². The van der Waals surface area contributed by atoms with E-state index in [4.69, 9.17) is 11.6 Å². The number of ether oxygens (including phenoxy) is 1. The van der Waals surface area contributed by atoms with Crippen molar-refractivity contribution in [2.24, 2.45) is 0 Å². The van der Waals surface area contributed by atoms with Crippen molar-refractivity contribution in [1.29, 1.82) is 0 Å². The van der Waals surface area contributed by atoms with Gasteiger partial charge in [-0.25, -0.2) is 13.5 Å². The molecule has 1 aliphatic rings. The number of hydrogen-bond donors (Lipinski definition) is 0. The number of anilines is 1. The van der Waals surface area contributed by atoms with Crippen molar-refractivity contribution in [3.05, 3.63) is 39.9 Å². The van der Waals surface area contributed by atoms with Crippen LogP contribution in [0, 0.1) is 6.92 Å². The summed E-state index contributed by atoms with van der Waals surface area (Å²) < 4.78 is 58.8. The molecule has 1 aromatic carbocycles. The molecule has 160 valence electrons. The molecule has 1 aliphatic heterocycles. The maximum atomic E-state index is 13.5. The summed E-state index contributed by atoms with van der Waals surface area (Å²) in [5.41, 5.74) is 0.498. The van der Waals surface area contributed by atoms with Crippen LogP contribution in [0.4, 0.5) is 23.4 Å². The lowest BCUT2D eigenvalue weighted by Crippen LogP contribution is -2.46. The number of alkyl halides is 4. The normalized spacial score (nSPS) is 19.0. The van der Waals surface area contributed by atoms with Gasteiger partial charge in [0.2, 0.25) is 0 Å². The van der Waals surface area contributed by atoms with Crippen molar-refractivity contribution >= 4 is 44.7 Å². The molecule has 5 nitrogen and oxygen atoms in total. The van der Waals surface area contributed by atoms with Gasteiger partial charge in [0.05, 0.1) is 16.1 Å². The molecule has 0 fully saturated rings. The minimum absolute atomic E-state index is 0.0118. The van der Waals surface area contributed by atoms with Crippen molar-refractivity contribution in [2.45, 2.75) is 45.4 Å². The number of carbonyl (C=O) groups is 1. The largest absolute Gasteiger partial charge is 0.434 e. The first-order valence-corrected chi connectivity index (χ1v) is 10.2. The molecule has 11 heteroatoms. The van der Waals surface area contributed by atoms with E-state index in [0.29, 0.717) is 10.4 Å². The van der Waals surface area contributed by atoms with Gasteiger partial charge in [-0.05, 0) is 32.4 Å². The second kappa shape index (κ2) is 7.73. The molecule has 0 saturated heterocycles. The summed E-state index contributed by atoms with van der Waals surface area (Å²) >= 11 is 7.45. The first-order valence-electron chi connectivity index (χ1n) is 9.02. The highest BCUT2D eigenvalue weighted by atomic mass is 35.5. The average molecular weight is 462 g/mol. The summed E-state index contributed by atoms with van der Waals surface area (Å²) in [4.78, 5) is 14.9. The smallest absolute Gasteiger partial charge is 0.387 e. The first-order chi connectivity index (χ1) is 14.2. The molecule has 2 aromatic heterocycles. The zero-order chi connectivity index (χ0) is 21.7. The molecule has 4 rings (SSSR count). The van der Waals surface area contributed by atoms with E-state index in [-0.39, 0.29) is 33.3 Å². The van der Waals surface area contributed by atoms with E-state index >= 15 is 0 Å². The van der Waals surface area contributed by atoms with Gasteiger partial charge in [-0.2, -0.15) is 13.9 Å². The predicted octanol–water partition coefficient (Wildman–Crippen LogP) is 5.91. The topological polar surface area (TPSA) is 47.4 Å². The third kappa shape index (κ3) is 3.41. The van der Waals surface area contributed by atoms with E-state index in [0.717, 1.165) is 11.3 Å². The Hall–Kier alpha value is -2.33. The Kier molecular flexibility index (Phi) is 5.39. The molecule has 0 aliphatic carbocycles. The Balaban J connectivity index is 1.80. The maximum absolute atomic E-state index is 13.5. The van der Waals surface area contributed by atoms with E-state index in [1.807, 2.05) is 0 Å². The molecule has 0 saturated carbocycles. The lowest BCUT2D eigenvalue weighted by Gasteiger charge is -2.37. The lowest BCUT2D eigenvalue weighted by molar-refractivity contribution is -0.0487. The maximum Gasteiger partial charge on any atom is 0.387 e. The van der Waals surface area contributed by atoms with Crippen molar-refractivity contribution in [3.8, 4) is 5.75 Å². The quantitative estimate of drug-likeness (QED) is 0.454. The standard InChI is InChI=1S/C19H16ClF4N3O2S/c1-8-6-13-26(9(2)7-10(17(21)22)27(13)25-8)18(28)16-15(20)14-11(29-19(23)24)4-3-5-12(14)30-16/h3-6,9-10,17,19H,7H2,1-2H3. The van der Waals surface area contributed by atoms with Crippen molar-refractivity contribution in [1.82, 2.24) is 9.78 Å². The van der Waals surface area contributed by atoms with Gasteiger partial charge in [0.1, 0.15) is 22.5 Å². The second-order valence-corrected chi connectivity index (χ2v) is 8.43. The van der Waals surface area contributed by atoms with Crippen LogP contribution in [-0.4, -0.2) is 34.8 Å². The van der Waals surface area contributed by atoms with Crippen LogP contribution in [0.25, 0.3) is 10.1 Å². The molecule has 2 atom stereocenters. The Morgan fingerprint density at radius 2 is 2.07 bits per heavy atom. The van der Waals surface area contributed by atoms with Gasteiger partial charge in [0.15, 0.2) is 0 Å². The number of amides is 1. The van der Waals surface area contributed by atoms with Crippen LogP contribution >= 0.6 is 22.9 Å². The molecule has 30 heavy (non-hydrogen) atoms. The number of aryl methyl sites for hydroxylation is 1. The lowest BCUT2D eigenvalue weighted by atomic mass is 10.0. The van der Waals surface area contributed by atoms with Gasteiger partial charge < -0.3 is 4.74 Å². The van der Waals surface area contributed by atoms with Gasteiger partial charge in [-0.15, -0.1) is 11.3 Å². The Morgan fingerprint density at radius 1 is 1.33 bits per heavy atom. The van der Waals surface area contributed by atoms with Crippen LogP contribution < -0.4 is 9.64 Å². The van der Waals surface area contributed by atoms with Crippen LogP contribution in [0.15, 0.2) is 24.3 Å². The predicted molar refractivity (Wildman–Crippen MR) is 106 cm³/mol. The van der Waals surface area contributed by atoms with E-state index < -0.39 is 31.0 Å². The van der Waals surface area contributed by atoms with Gasteiger partial charge in [-0.3, -0.25) is 9.69 Å². The van der Waals surface area contributed by atoms with Crippen LogP contribution in [-0.2, 0) is 0 Å². The molecular weight excluding hydrogens is 446 g/mol. The number of fused-ring (bicyclic) bond motifs is 2. The molecule has 0 spiro atoms. The first kappa shape index (κ1) is 20.9. The van der Waals surface area contributed by atoms with E-state index in [9.17, 15) is 22.4 Å². The van der Waals surface area contributed by atoms with Gasteiger partial charge in [0, 0.05) is 16.8 Å². The molecule has 2 unspecified atom stereocenters. The highest BCUT2D eigenvalue weighted by molar-refractivity contribution is 7.21. The molecular formula is C19H16ClF4N3O2S. The molecule has 3 heterocycles. The monoisotopic (exact) mass is 461 g/mol. The number of halogens is 5. The highest BCUT2D eigenvalue weighted by Gasteiger charge is 2.40. The van der Waals surface area contributed by atoms with Crippen LogP contribution in [0.2, 0.25) is 5.02 Å². The summed E-state index contributed by atoms with van der Waals surface area (Å²) in [5.74, 6) is -0.391. The van der Waals surface area contributed by atoms with Gasteiger partial charge in [-0.1, -0.05) is 17.7 Å². The minimum atomic E-state index is -3.04. The molecule has 1 amide bonds. The molecule has 0 N–H and O–H groups in total. The fourth-order valence-corrected chi connectivity index (χ4v) is 5.24. The second-order valence-electron chi connectivity index (χ2n) is 7.00. The number of thiophene rings is 1. The summed E-state index contributed by atoms with van der Waals surface area (Å²) in [6, 6.07) is 4.39. The fourth-order valence-electron chi connectivity index (χ4n) is 3.74. The van der Waals surface area contributed by atoms with Crippen molar-refractivity contribution in [3.63, 3.8) is 0 Å². The van der Waals surface area contributed by atoms with E-state index in [1.165, 1.54) is 21.7 Å². The summed E-state index contributed by atoms with van der Waals surface area (Å²) in [5, 5.41) is 4.34. The van der Waals surface area contributed by atoms with Crippen LogP contribution in [0.5, 0.6) is 5.75 Å². The number of hydrogen-bond acceptors (Lipinski definition) is 4. The number of rotatable bonds is 4. The Morgan fingerprint density at radius 3 is 2.73 bits per heavy atom. The third-order valence-electron chi connectivity index (χ3n) is 4.96. The van der Waals surface area contributed by atoms with Crippen LogP contribution in [0.1, 0.15) is 34.8 Å². The highest BCUT2D eigenvalue weighted by Crippen LogP contribution is 2.44. The number of carbonyl (C=O) groups excluding carboxylic acids is 1. The minimum Gasteiger partial charge on any atom is -0.434 e. The zero-order valence-corrected chi connectivity index (χ0v) is 17.4. The average Bonchev–Trinajstić information content (AvgIpc) is 3.20. The molecule has 3 aromatic rings. The van der Waals surface area contributed by atoms with E-state index in [2.05, 4.69) is 9.84 Å². The third-order valence-corrected chi connectivity index (χ3v) is 6.59. The summed E-state index contributed by atoms with van der Waals surface area (Å²) in [6.45, 7) is 0.282. The number of nitrogens with zero attached hydrogens (tertiary/aromatic N) is 3. The number of aromatic nitrogens is 2. The van der Waals surface area contributed by atoms with Crippen LogP contribution in [0.3, 0.4) is 0 Å². The Labute approximate surface area is 177 Å². The number of benzene rings is 1. The molecule has 0 radical (unpaired) electrons. The van der Waals surface area contributed by atoms with Crippen molar-refractivity contribution in [2.75, 3.05) is 4.90 Å². The zero-order valence-electron chi connectivity index (χ0n) is 15.8. The summed E-state index contributed by atoms with van der Waals surface area (Å²) in [7, 11) is 0. The van der Waals surface area contributed by atoms with Gasteiger partial charge >= 0.3 is 6.61 Å². The SMILES string of the molecule is Cc1cc2n(n1)C(C(F)F)CC(C)N2C(=O)c1sc2cccc(OC(F)F)c2c1Cl. The fraction of sp³-hybridized carbons (Fsp3) is 0.368. The summed E-state index contributed by atoms with van der Waals surface area (Å²) in [6.07, 6.45) is -2.62. The van der Waals surface area contributed by atoms with E-state index in [1.54, 1.807) is 26.0 Å². The van der Waals surface area contributed by atoms with Gasteiger partial charge in [0.25, 0.3) is 12.3 Å². The Bertz CT molecular complexity index is 1120.